The fraction of sp³-hybridized carbons (Fsp3) is 0. The summed E-state index contributed by atoms with van der Waals surface area (Å²) in [4.78, 5) is 27.7. The van der Waals surface area contributed by atoms with Crippen LogP contribution < -0.4 is 10.8 Å². The molecule has 6 nitrogen and oxygen atoms in total. The third-order valence-electron chi connectivity index (χ3n) is 3.60. The number of nitrogens with zero attached hydrogens (tertiary/aromatic N) is 1. The third-order valence-corrected chi connectivity index (χ3v) is 3.60. The second kappa shape index (κ2) is 7.37. The van der Waals surface area contributed by atoms with E-state index in [0.29, 0.717) is 11.3 Å². The zero-order valence-corrected chi connectivity index (χ0v) is 13.1. The van der Waals surface area contributed by atoms with E-state index in [9.17, 15) is 9.59 Å². The van der Waals surface area contributed by atoms with Gasteiger partial charge in [-0.3, -0.25) is 19.8 Å². The van der Waals surface area contributed by atoms with E-state index in [1.54, 1.807) is 30.5 Å². The number of hydroxylamine groups is 1. The predicted octanol–water partition coefficient (Wildman–Crippen LogP) is 3.01. The number of fused-ring (bicyclic) bond motifs is 1. The molecule has 2 amide bonds. The van der Waals surface area contributed by atoms with Gasteiger partial charge in [0.25, 0.3) is 11.8 Å². The maximum atomic E-state index is 12.4. The zero-order chi connectivity index (χ0) is 17.6. The summed E-state index contributed by atoms with van der Waals surface area (Å²) in [6.07, 6.45) is 4.43. The first-order valence-corrected chi connectivity index (χ1v) is 7.55. The number of aromatic nitrogens is 1. The number of amides is 2. The van der Waals surface area contributed by atoms with Gasteiger partial charge in [-0.25, -0.2) is 5.48 Å². The minimum atomic E-state index is -0.619. The largest absolute Gasteiger partial charge is 0.321 e. The lowest BCUT2D eigenvalue weighted by molar-refractivity contribution is -0.124. The van der Waals surface area contributed by atoms with Gasteiger partial charge in [-0.1, -0.05) is 18.2 Å². The lowest BCUT2D eigenvalue weighted by atomic mass is 10.1. The van der Waals surface area contributed by atoms with Gasteiger partial charge in [0.2, 0.25) is 0 Å². The normalized spacial score (nSPS) is 10.8. The molecular formula is C19H15N3O3. The highest BCUT2D eigenvalue weighted by atomic mass is 16.5. The maximum absolute atomic E-state index is 12.4. The van der Waals surface area contributed by atoms with Crippen molar-refractivity contribution in [1.82, 2.24) is 10.5 Å². The minimum absolute atomic E-state index is 0.236. The molecule has 6 heteroatoms. The molecule has 0 atom stereocenters. The fourth-order valence-electron chi connectivity index (χ4n) is 2.36. The van der Waals surface area contributed by atoms with Crippen molar-refractivity contribution in [3.05, 3.63) is 78.0 Å². The monoisotopic (exact) mass is 333 g/mol. The summed E-state index contributed by atoms with van der Waals surface area (Å²) in [5.74, 6) is -0.855. The number of hydrogen-bond acceptors (Lipinski definition) is 4. The first-order chi connectivity index (χ1) is 12.2. The van der Waals surface area contributed by atoms with Crippen molar-refractivity contribution in [2.24, 2.45) is 0 Å². The van der Waals surface area contributed by atoms with Gasteiger partial charge in [0.1, 0.15) is 0 Å². The van der Waals surface area contributed by atoms with E-state index >= 15 is 0 Å². The van der Waals surface area contributed by atoms with E-state index in [0.717, 1.165) is 16.5 Å². The zero-order valence-electron chi connectivity index (χ0n) is 13.1. The Morgan fingerprint density at radius 3 is 2.56 bits per heavy atom. The van der Waals surface area contributed by atoms with Crippen LogP contribution in [0.2, 0.25) is 0 Å². The Bertz CT molecular complexity index is 944. The first kappa shape index (κ1) is 16.4. The first-order valence-electron chi connectivity index (χ1n) is 7.55. The lowest BCUT2D eigenvalue weighted by Gasteiger charge is -2.08. The van der Waals surface area contributed by atoms with E-state index < -0.39 is 5.91 Å². The third kappa shape index (κ3) is 3.88. The molecule has 3 rings (SSSR count). The Hall–Kier alpha value is -3.51. The number of benzene rings is 2. The Balaban J connectivity index is 1.77. The molecule has 0 radical (unpaired) electrons. The summed E-state index contributed by atoms with van der Waals surface area (Å²) in [6, 6.07) is 16.0. The van der Waals surface area contributed by atoms with Crippen molar-refractivity contribution in [2.45, 2.75) is 0 Å². The molecule has 2 aromatic carbocycles. The smallest absolute Gasteiger partial charge is 0.267 e. The lowest BCUT2D eigenvalue weighted by Crippen LogP contribution is -2.14. The van der Waals surface area contributed by atoms with Gasteiger partial charge in [-0.05, 0) is 48.0 Å². The predicted molar refractivity (Wildman–Crippen MR) is 95.1 cm³/mol. The van der Waals surface area contributed by atoms with E-state index in [2.05, 4.69) is 10.3 Å². The molecule has 3 N–H and O–H groups in total. The number of carbonyl (C=O) groups excluding carboxylic acids is 2. The number of nitrogens with one attached hydrogen (secondary N) is 2. The Labute approximate surface area is 143 Å². The number of pyridine rings is 1. The van der Waals surface area contributed by atoms with E-state index in [4.69, 9.17) is 5.21 Å². The van der Waals surface area contributed by atoms with Crippen molar-refractivity contribution in [2.75, 3.05) is 5.32 Å². The Morgan fingerprint density at radius 2 is 1.80 bits per heavy atom. The second-order valence-corrected chi connectivity index (χ2v) is 5.26. The number of rotatable bonds is 4. The highest BCUT2D eigenvalue weighted by Crippen LogP contribution is 2.22. The number of carbonyl (C=O) groups is 2. The average Bonchev–Trinajstić information content (AvgIpc) is 2.66. The minimum Gasteiger partial charge on any atom is -0.321 e. The fourth-order valence-corrected chi connectivity index (χ4v) is 2.36. The quantitative estimate of drug-likeness (QED) is 0.389. The molecule has 1 aromatic heterocycles. The van der Waals surface area contributed by atoms with Crippen LogP contribution in [0.1, 0.15) is 15.9 Å². The van der Waals surface area contributed by atoms with Crippen molar-refractivity contribution in [1.29, 1.82) is 0 Å². The van der Waals surface area contributed by atoms with Gasteiger partial charge in [-0.15, -0.1) is 0 Å². The molecular weight excluding hydrogens is 318 g/mol. The van der Waals surface area contributed by atoms with Gasteiger partial charge in [0, 0.05) is 23.2 Å². The Kier molecular flexibility index (Phi) is 4.82. The molecule has 0 aliphatic heterocycles. The topological polar surface area (TPSA) is 91.3 Å². The van der Waals surface area contributed by atoms with Crippen molar-refractivity contribution in [3.8, 4) is 0 Å². The summed E-state index contributed by atoms with van der Waals surface area (Å²) >= 11 is 0. The van der Waals surface area contributed by atoms with Gasteiger partial charge in [0.15, 0.2) is 0 Å². The Morgan fingerprint density at radius 1 is 1.00 bits per heavy atom. The van der Waals surface area contributed by atoms with Crippen molar-refractivity contribution in [3.63, 3.8) is 0 Å². The maximum Gasteiger partial charge on any atom is 0.267 e. The number of hydrogen-bond donors (Lipinski definition) is 3. The molecule has 1 heterocycles. The van der Waals surface area contributed by atoms with Crippen LogP contribution in [0.25, 0.3) is 17.0 Å². The summed E-state index contributed by atoms with van der Waals surface area (Å²) in [7, 11) is 0. The van der Waals surface area contributed by atoms with E-state index in [1.807, 2.05) is 30.3 Å². The molecule has 0 spiro atoms. The SMILES string of the molecule is O=C(C=Cc1ccc(C(=O)Nc2cccc3ncccc23)cc1)NO. The summed E-state index contributed by atoms with van der Waals surface area (Å²) in [6.45, 7) is 0. The molecule has 0 aliphatic rings. The van der Waals surface area contributed by atoms with Crippen LogP contribution in [0.15, 0.2) is 66.9 Å². The van der Waals surface area contributed by atoms with E-state index in [-0.39, 0.29) is 5.91 Å². The molecule has 0 saturated heterocycles. The van der Waals surface area contributed by atoms with Gasteiger partial charge >= 0.3 is 0 Å². The highest BCUT2D eigenvalue weighted by molar-refractivity contribution is 6.08. The van der Waals surface area contributed by atoms with Crippen LogP contribution >= 0.6 is 0 Å². The second-order valence-electron chi connectivity index (χ2n) is 5.26. The average molecular weight is 333 g/mol. The molecule has 3 aromatic rings. The van der Waals surface area contributed by atoms with Crippen molar-refractivity contribution < 1.29 is 14.8 Å². The van der Waals surface area contributed by atoms with Gasteiger partial charge in [0.05, 0.1) is 11.2 Å². The molecule has 124 valence electrons. The van der Waals surface area contributed by atoms with Crippen molar-refractivity contribution >= 4 is 34.5 Å². The highest BCUT2D eigenvalue weighted by Gasteiger charge is 2.08. The summed E-state index contributed by atoms with van der Waals surface area (Å²) in [5, 5.41) is 12.2. The van der Waals surface area contributed by atoms with Crippen LogP contribution in [-0.4, -0.2) is 22.0 Å². The molecule has 0 fully saturated rings. The van der Waals surface area contributed by atoms with Crippen LogP contribution in [0.3, 0.4) is 0 Å². The molecule has 0 saturated carbocycles. The van der Waals surface area contributed by atoms with Gasteiger partial charge < -0.3 is 5.32 Å². The number of anilines is 1. The van der Waals surface area contributed by atoms with Gasteiger partial charge in [-0.2, -0.15) is 0 Å². The summed E-state index contributed by atoms with van der Waals surface area (Å²) < 4.78 is 0. The molecule has 25 heavy (non-hydrogen) atoms. The summed E-state index contributed by atoms with van der Waals surface area (Å²) in [5.41, 5.74) is 4.24. The van der Waals surface area contributed by atoms with Crippen LogP contribution in [0, 0.1) is 0 Å². The van der Waals surface area contributed by atoms with Crippen LogP contribution in [0.5, 0.6) is 0 Å². The van der Waals surface area contributed by atoms with Crippen LogP contribution in [-0.2, 0) is 4.79 Å². The molecule has 0 bridgehead atoms. The van der Waals surface area contributed by atoms with Crippen LogP contribution in [0.4, 0.5) is 5.69 Å². The molecule has 0 unspecified atom stereocenters. The molecule has 0 aliphatic carbocycles. The van der Waals surface area contributed by atoms with E-state index in [1.165, 1.54) is 17.6 Å². The standard InChI is InChI=1S/C19H15N3O3/c23-18(22-25)11-8-13-6-9-14(10-7-13)19(24)21-17-5-1-4-16-15(17)3-2-12-20-16/h1-12,25H,(H,21,24)(H,22,23).